The predicted octanol–water partition coefficient (Wildman–Crippen LogP) is 2.60. The lowest BCUT2D eigenvalue weighted by molar-refractivity contribution is 0.873. The molecular weight excluding hydrogens is 196 g/mol. The zero-order chi connectivity index (χ0) is 11.5. The van der Waals surface area contributed by atoms with Gasteiger partial charge >= 0.3 is 0 Å². The molecule has 0 aliphatic carbocycles. The number of nitrogens with two attached hydrogens (primary N) is 1. The molecule has 0 aliphatic heterocycles. The Bertz CT molecular complexity index is 463. The third-order valence-corrected chi connectivity index (χ3v) is 2.72. The molecule has 1 aromatic carbocycles. The number of aromatic nitrogens is 1. The van der Waals surface area contributed by atoms with E-state index in [9.17, 15) is 0 Å². The van der Waals surface area contributed by atoms with Crippen LogP contribution >= 0.6 is 0 Å². The summed E-state index contributed by atoms with van der Waals surface area (Å²) >= 11 is 0. The van der Waals surface area contributed by atoms with Crippen molar-refractivity contribution >= 4 is 0 Å². The molecule has 16 heavy (non-hydrogen) atoms. The highest BCUT2D eigenvalue weighted by molar-refractivity contribution is 5.41. The van der Waals surface area contributed by atoms with Crippen LogP contribution in [0.4, 0.5) is 0 Å². The van der Waals surface area contributed by atoms with Crippen molar-refractivity contribution in [3.8, 4) is 5.69 Å². The Morgan fingerprint density at radius 1 is 1.12 bits per heavy atom. The van der Waals surface area contributed by atoms with Crippen molar-refractivity contribution in [3.63, 3.8) is 0 Å². The smallest absolute Gasteiger partial charge is 0.0457 e. The first-order chi connectivity index (χ1) is 7.70. The van der Waals surface area contributed by atoms with Crippen LogP contribution in [0.5, 0.6) is 0 Å². The summed E-state index contributed by atoms with van der Waals surface area (Å²) in [4.78, 5) is 0. The van der Waals surface area contributed by atoms with Crippen LogP contribution in [0.15, 0.2) is 36.5 Å². The molecule has 0 saturated carbocycles. The van der Waals surface area contributed by atoms with Crippen LogP contribution in [-0.2, 0) is 6.42 Å². The molecule has 0 radical (unpaired) electrons. The van der Waals surface area contributed by atoms with E-state index in [1.165, 1.54) is 22.5 Å². The third-order valence-electron chi connectivity index (χ3n) is 2.72. The van der Waals surface area contributed by atoms with Crippen LogP contribution in [0, 0.1) is 13.8 Å². The lowest BCUT2D eigenvalue weighted by Gasteiger charge is -2.10. The summed E-state index contributed by atoms with van der Waals surface area (Å²) in [7, 11) is 0. The topological polar surface area (TPSA) is 30.9 Å². The monoisotopic (exact) mass is 214 g/mol. The van der Waals surface area contributed by atoms with Crippen molar-refractivity contribution in [1.82, 2.24) is 4.57 Å². The largest absolute Gasteiger partial charge is 0.330 e. The summed E-state index contributed by atoms with van der Waals surface area (Å²) < 4.78 is 2.22. The molecule has 0 spiro atoms. The number of hydrogen-bond acceptors (Lipinski definition) is 1. The van der Waals surface area contributed by atoms with Crippen LogP contribution in [-0.4, -0.2) is 11.1 Å². The Labute approximate surface area is 96.7 Å². The normalized spacial score (nSPS) is 10.7. The van der Waals surface area contributed by atoms with E-state index >= 15 is 0 Å². The van der Waals surface area contributed by atoms with Gasteiger partial charge in [0.2, 0.25) is 0 Å². The zero-order valence-electron chi connectivity index (χ0n) is 9.90. The molecular formula is C14H18N2. The molecule has 2 nitrogen and oxygen atoms in total. The number of benzene rings is 1. The number of nitrogens with zero attached hydrogens (tertiary/aromatic N) is 1. The molecule has 0 amide bonds. The van der Waals surface area contributed by atoms with E-state index < -0.39 is 0 Å². The van der Waals surface area contributed by atoms with E-state index in [4.69, 9.17) is 5.73 Å². The van der Waals surface area contributed by atoms with Crippen molar-refractivity contribution in [2.75, 3.05) is 6.54 Å². The van der Waals surface area contributed by atoms with Crippen LogP contribution in [0.25, 0.3) is 5.69 Å². The first-order valence-electron chi connectivity index (χ1n) is 5.65. The minimum absolute atomic E-state index is 0.689. The fourth-order valence-electron chi connectivity index (χ4n) is 2.11. The Kier molecular flexibility index (Phi) is 3.11. The molecule has 1 heterocycles. The van der Waals surface area contributed by atoms with E-state index in [0.717, 1.165) is 6.42 Å². The Hall–Kier alpha value is -1.54. The van der Waals surface area contributed by atoms with Gasteiger partial charge in [0, 0.05) is 24.0 Å². The first kappa shape index (κ1) is 11.0. The summed E-state index contributed by atoms with van der Waals surface area (Å²) in [6, 6.07) is 10.8. The van der Waals surface area contributed by atoms with Gasteiger partial charge in [-0.1, -0.05) is 6.07 Å². The third kappa shape index (κ3) is 2.17. The molecule has 0 atom stereocenters. The molecule has 0 fully saturated rings. The van der Waals surface area contributed by atoms with Gasteiger partial charge < -0.3 is 10.3 Å². The molecule has 84 valence electrons. The summed E-state index contributed by atoms with van der Waals surface area (Å²) in [6.07, 6.45) is 3.01. The van der Waals surface area contributed by atoms with E-state index in [0.29, 0.717) is 6.54 Å². The summed E-state index contributed by atoms with van der Waals surface area (Å²) in [6.45, 7) is 4.94. The fourth-order valence-corrected chi connectivity index (χ4v) is 2.11. The first-order valence-corrected chi connectivity index (χ1v) is 5.65. The SMILES string of the molecule is Cc1cc(C)cc(-n2cccc2CCN)c1. The average Bonchev–Trinajstić information content (AvgIpc) is 2.65. The van der Waals surface area contributed by atoms with Gasteiger partial charge in [-0.2, -0.15) is 0 Å². The predicted molar refractivity (Wildman–Crippen MR) is 68.0 cm³/mol. The summed E-state index contributed by atoms with van der Waals surface area (Å²) in [5.41, 5.74) is 10.7. The Morgan fingerprint density at radius 3 is 2.44 bits per heavy atom. The molecule has 0 saturated heterocycles. The highest BCUT2D eigenvalue weighted by atomic mass is 15.0. The van der Waals surface area contributed by atoms with E-state index in [1.54, 1.807) is 0 Å². The lowest BCUT2D eigenvalue weighted by atomic mass is 10.1. The van der Waals surface area contributed by atoms with Crippen LogP contribution in [0.3, 0.4) is 0 Å². The van der Waals surface area contributed by atoms with Crippen LogP contribution in [0.1, 0.15) is 16.8 Å². The van der Waals surface area contributed by atoms with Crippen molar-refractivity contribution < 1.29 is 0 Å². The number of aryl methyl sites for hydroxylation is 2. The second-order valence-electron chi connectivity index (χ2n) is 4.25. The quantitative estimate of drug-likeness (QED) is 0.836. The van der Waals surface area contributed by atoms with Crippen molar-refractivity contribution in [3.05, 3.63) is 53.3 Å². The van der Waals surface area contributed by atoms with Gasteiger partial charge in [0.25, 0.3) is 0 Å². The van der Waals surface area contributed by atoms with Gasteiger partial charge in [0.15, 0.2) is 0 Å². The van der Waals surface area contributed by atoms with E-state index in [-0.39, 0.29) is 0 Å². The molecule has 1 aromatic heterocycles. The van der Waals surface area contributed by atoms with Crippen molar-refractivity contribution in [1.29, 1.82) is 0 Å². The van der Waals surface area contributed by atoms with Gasteiger partial charge in [-0.05, 0) is 55.8 Å². The second kappa shape index (κ2) is 4.54. The maximum Gasteiger partial charge on any atom is 0.0457 e. The summed E-state index contributed by atoms with van der Waals surface area (Å²) in [5.74, 6) is 0. The lowest BCUT2D eigenvalue weighted by Crippen LogP contribution is -2.07. The molecule has 2 rings (SSSR count). The maximum atomic E-state index is 5.61. The second-order valence-corrected chi connectivity index (χ2v) is 4.25. The van der Waals surface area contributed by atoms with Gasteiger partial charge in [-0.25, -0.2) is 0 Å². The molecule has 2 N–H and O–H groups in total. The Morgan fingerprint density at radius 2 is 1.81 bits per heavy atom. The number of rotatable bonds is 3. The standard InChI is InChI=1S/C14H18N2/c1-11-8-12(2)10-14(9-11)16-7-3-4-13(16)5-6-15/h3-4,7-10H,5-6,15H2,1-2H3. The molecule has 0 unspecified atom stereocenters. The van der Waals surface area contributed by atoms with E-state index in [2.05, 4.69) is 54.9 Å². The summed E-state index contributed by atoms with van der Waals surface area (Å²) in [5, 5.41) is 0. The van der Waals surface area contributed by atoms with Gasteiger partial charge in [0.1, 0.15) is 0 Å². The fraction of sp³-hybridized carbons (Fsp3) is 0.286. The van der Waals surface area contributed by atoms with Gasteiger partial charge in [-0.15, -0.1) is 0 Å². The molecule has 2 heteroatoms. The molecule has 2 aromatic rings. The van der Waals surface area contributed by atoms with Crippen LogP contribution < -0.4 is 5.73 Å². The van der Waals surface area contributed by atoms with Gasteiger partial charge in [0.05, 0.1) is 0 Å². The van der Waals surface area contributed by atoms with Gasteiger partial charge in [-0.3, -0.25) is 0 Å². The molecule has 0 aliphatic rings. The average molecular weight is 214 g/mol. The Balaban J connectivity index is 2.45. The van der Waals surface area contributed by atoms with Crippen molar-refractivity contribution in [2.24, 2.45) is 5.73 Å². The van der Waals surface area contributed by atoms with Crippen molar-refractivity contribution in [2.45, 2.75) is 20.3 Å². The minimum atomic E-state index is 0.689. The molecule has 0 bridgehead atoms. The minimum Gasteiger partial charge on any atom is -0.330 e. The zero-order valence-corrected chi connectivity index (χ0v) is 9.90. The van der Waals surface area contributed by atoms with Crippen LogP contribution in [0.2, 0.25) is 0 Å². The van der Waals surface area contributed by atoms with E-state index in [1.807, 2.05) is 0 Å². The highest BCUT2D eigenvalue weighted by Crippen LogP contribution is 2.16. The maximum absolute atomic E-state index is 5.61. The number of hydrogen-bond donors (Lipinski definition) is 1. The highest BCUT2D eigenvalue weighted by Gasteiger charge is 2.03.